The summed E-state index contributed by atoms with van der Waals surface area (Å²) >= 11 is 0. The first kappa shape index (κ1) is 21.7. The Hall–Kier alpha value is -2.97. The van der Waals surface area contributed by atoms with Gasteiger partial charge in [0.1, 0.15) is 11.4 Å². The van der Waals surface area contributed by atoms with Gasteiger partial charge in [0.2, 0.25) is 0 Å². The first-order valence-corrected chi connectivity index (χ1v) is 10.3. The highest BCUT2D eigenvalue weighted by Crippen LogP contribution is 2.31. The molecule has 1 aromatic rings. The van der Waals surface area contributed by atoms with Gasteiger partial charge in [-0.1, -0.05) is 12.1 Å². The van der Waals surface area contributed by atoms with Crippen LogP contribution in [0.4, 0.5) is 10.5 Å². The summed E-state index contributed by atoms with van der Waals surface area (Å²) in [6.45, 7) is 9.03. The van der Waals surface area contributed by atoms with E-state index in [1.807, 2.05) is 49.9 Å². The minimum Gasteiger partial charge on any atom is -0.482 e. The SMILES string of the molecule is CC(C)(C)OC(=O)N1CCN(C(N)=NCCCN2C(=O)COc3ccccc32)CC1. The molecule has 0 spiro atoms. The molecule has 2 N–H and O–H groups in total. The standard InChI is InChI=1S/C21H31N5O4/c1-21(2,3)30-20(28)25-13-11-24(12-14-25)19(22)23-9-6-10-26-16-7-4-5-8-17(16)29-15-18(26)27/h4-5,7-8H,6,9-15H2,1-3H3,(H2,22,23). The Balaban J connectivity index is 1.44. The van der Waals surface area contributed by atoms with E-state index >= 15 is 0 Å². The predicted molar refractivity (Wildman–Crippen MR) is 115 cm³/mol. The lowest BCUT2D eigenvalue weighted by molar-refractivity contribution is -0.121. The first-order chi connectivity index (χ1) is 14.2. The van der Waals surface area contributed by atoms with Gasteiger partial charge in [0.05, 0.1) is 5.69 Å². The van der Waals surface area contributed by atoms with Crippen LogP contribution in [0.15, 0.2) is 29.3 Å². The van der Waals surface area contributed by atoms with Gasteiger partial charge in [0.25, 0.3) is 5.91 Å². The third kappa shape index (κ3) is 5.55. The summed E-state index contributed by atoms with van der Waals surface area (Å²) in [5.41, 5.74) is 6.43. The zero-order valence-electron chi connectivity index (χ0n) is 18.0. The Bertz CT molecular complexity index is 797. The fourth-order valence-corrected chi connectivity index (χ4v) is 3.37. The molecule has 30 heavy (non-hydrogen) atoms. The monoisotopic (exact) mass is 417 g/mol. The van der Waals surface area contributed by atoms with Gasteiger partial charge in [-0.25, -0.2) is 4.79 Å². The summed E-state index contributed by atoms with van der Waals surface area (Å²) < 4.78 is 10.9. The van der Waals surface area contributed by atoms with Crippen molar-refractivity contribution in [3.63, 3.8) is 0 Å². The van der Waals surface area contributed by atoms with Gasteiger partial charge < -0.3 is 29.9 Å². The van der Waals surface area contributed by atoms with E-state index in [2.05, 4.69) is 4.99 Å². The molecule has 9 nitrogen and oxygen atoms in total. The van der Waals surface area contributed by atoms with Crippen LogP contribution in [0.1, 0.15) is 27.2 Å². The van der Waals surface area contributed by atoms with E-state index in [-0.39, 0.29) is 18.6 Å². The number of hydrogen-bond donors (Lipinski definition) is 1. The molecule has 1 fully saturated rings. The zero-order chi connectivity index (χ0) is 21.7. The van der Waals surface area contributed by atoms with Crippen LogP contribution in [-0.2, 0) is 9.53 Å². The van der Waals surface area contributed by atoms with Crippen LogP contribution < -0.4 is 15.4 Å². The molecule has 0 aromatic heterocycles. The van der Waals surface area contributed by atoms with Crippen LogP contribution in [0.2, 0.25) is 0 Å². The molecule has 1 saturated heterocycles. The lowest BCUT2D eigenvalue weighted by Crippen LogP contribution is -2.53. The molecule has 1 aromatic carbocycles. The van der Waals surface area contributed by atoms with Crippen molar-refractivity contribution < 1.29 is 19.1 Å². The van der Waals surface area contributed by atoms with Gasteiger partial charge in [-0.05, 0) is 39.3 Å². The lowest BCUT2D eigenvalue weighted by atomic mass is 10.2. The molecule has 0 saturated carbocycles. The number of fused-ring (bicyclic) bond motifs is 1. The van der Waals surface area contributed by atoms with Crippen molar-refractivity contribution in [1.29, 1.82) is 0 Å². The average molecular weight is 418 g/mol. The van der Waals surface area contributed by atoms with Crippen molar-refractivity contribution in [2.24, 2.45) is 10.7 Å². The second-order valence-electron chi connectivity index (χ2n) is 8.35. The van der Waals surface area contributed by atoms with Crippen molar-refractivity contribution in [3.05, 3.63) is 24.3 Å². The number of rotatable bonds is 4. The second kappa shape index (κ2) is 9.23. The summed E-state index contributed by atoms with van der Waals surface area (Å²) in [5, 5.41) is 0. The Morgan fingerprint density at radius 3 is 2.53 bits per heavy atom. The van der Waals surface area contributed by atoms with Crippen molar-refractivity contribution in [2.45, 2.75) is 32.8 Å². The Kier molecular flexibility index (Phi) is 6.69. The van der Waals surface area contributed by atoms with Gasteiger partial charge in [-0.15, -0.1) is 0 Å². The number of carbonyl (C=O) groups is 2. The number of ether oxygens (including phenoxy) is 2. The molecule has 0 unspecified atom stereocenters. The van der Waals surface area contributed by atoms with Crippen LogP contribution in [0.3, 0.4) is 0 Å². The van der Waals surface area contributed by atoms with E-state index in [4.69, 9.17) is 15.2 Å². The quantitative estimate of drug-likeness (QED) is 0.454. The molecule has 164 valence electrons. The number of carbonyl (C=O) groups excluding carboxylic acids is 2. The summed E-state index contributed by atoms with van der Waals surface area (Å²) in [4.78, 5) is 34.2. The summed E-state index contributed by atoms with van der Waals surface area (Å²) in [7, 11) is 0. The largest absolute Gasteiger partial charge is 0.482 e. The predicted octanol–water partition coefficient (Wildman–Crippen LogP) is 1.67. The molecule has 0 atom stereocenters. The topological polar surface area (TPSA) is 101 Å². The molecule has 2 aliphatic rings. The van der Waals surface area contributed by atoms with Crippen molar-refractivity contribution >= 4 is 23.6 Å². The molecular formula is C21H31N5O4. The number of guanidine groups is 1. The molecule has 0 bridgehead atoms. The smallest absolute Gasteiger partial charge is 0.410 e. The van der Waals surface area contributed by atoms with Gasteiger partial charge in [0, 0.05) is 39.3 Å². The van der Waals surface area contributed by atoms with Crippen molar-refractivity contribution in [1.82, 2.24) is 9.80 Å². The lowest BCUT2D eigenvalue weighted by Gasteiger charge is -2.36. The van der Waals surface area contributed by atoms with E-state index in [1.165, 1.54) is 0 Å². The number of piperazine rings is 1. The minimum absolute atomic E-state index is 0.0519. The third-order valence-corrected chi connectivity index (χ3v) is 4.88. The number of aliphatic imine (C=N–C) groups is 1. The number of hydrogen-bond acceptors (Lipinski definition) is 5. The summed E-state index contributed by atoms with van der Waals surface area (Å²) in [5.74, 6) is 1.14. The number of benzene rings is 1. The van der Waals surface area contributed by atoms with E-state index in [0.717, 1.165) is 11.4 Å². The normalized spacial score (nSPS) is 17.5. The number of anilines is 1. The molecule has 0 aliphatic carbocycles. The maximum atomic E-state index is 12.2. The van der Waals surface area contributed by atoms with Crippen LogP contribution in [0.25, 0.3) is 0 Å². The maximum Gasteiger partial charge on any atom is 0.410 e. The Morgan fingerprint density at radius 1 is 1.17 bits per heavy atom. The average Bonchev–Trinajstić information content (AvgIpc) is 2.71. The molecule has 9 heteroatoms. The Labute approximate surface area is 177 Å². The zero-order valence-corrected chi connectivity index (χ0v) is 18.0. The molecule has 2 amide bonds. The van der Waals surface area contributed by atoms with Crippen molar-refractivity contribution in [2.75, 3.05) is 50.8 Å². The highest BCUT2D eigenvalue weighted by molar-refractivity contribution is 5.97. The summed E-state index contributed by atoms with van der Waals surface area (Å²) in [6.07, 6.45) is 0.395. The molecular weight excluding hydrogens is 386 g/mol. The van der Waals surface area contributed by atoms with Crippen LogP contribution in [-0.4, -0.2) is 79.2 Å². The van der Waals surface area contributed by atoms with Crippen molar-refractivity contribution in [3.8, 4) is 5.75 Å². The van der Waals surface area contributed by atoms with E-state index < -0.39 is 5.60 Å². The maximum absolute atomic E-state index is 12.2. The number of nitrogens with two attached hydrogens (primary N) is 1. The summed E-state index contributed by atoms with van der Waals surface area (Å²) in [6, 6.07) is 7.53. The third-order valence-electron chi connectivity index (χ3n) is 4.88. The van der Waals surface area contributed by atoms with E-state index in [1.54, 1.807) is 9.80 Å². The van der Waals surface area contributed by atoms with E-state index in [9.17, 15) is 9.59 Å². The van der Waals surface area contributed by atoms with Gasteiger partial charge in [-0.3, -0.25) is 9.79 Å². The highest BCUT2D eigenvalue weighted by Gasteiger charge is 2.27. The molecule has 0 radical (unpaired) electrons. The fourth-order valence-electron chi connectivity index (χ4n) is 3.37. The van der Waals surface area contributed by atoms with Gasteiger partial charge in [-0.2, -0.15) is 0 Å². The number of amides is 2. The molecule has 2 aliphatic heterocycles. The minimum atomic E-state index is -0.503. The Morgan fingerprint density at radius 2 is 1.83 bits per heavy atom. The highest BCUT2D eigenvalue weighted by atomic mass is 16.6. The first-order valence-electron chi connectivity index (χ1n) is 10.3. The van der Waals surface area contributed by atoms with E-state index in [0.29, 0.717) is 51.6 Å². The number of nitrogens with zero attached hydrogens (tertiary/aromatic N) is 4. The second-order valence-corrected chi connectivity index (χ2v) is 8.35. The fraction of sp³-hybridized carbons (Fsp3) is 0.571. The van der Waals surface area contributed by atoms with Crippen LogP contribution >= 0.6 is 0 Å². The molecule has 2 heterocycles. The number of para-hydroxylation sites is 2. The van der Waals surface area contributed by atoms with Crippen LogP contribution in [0.5, 0.6) is 5.75 Å². The molecule has 3 rings (SSSR count). The van der Waals surface area contributed by atoms with Crippen LogP contribution in [0, 0.1) is 0 Å². The van der Waals surface area contributed by atoms with Gasteiger partial charge >= 0.3 is 6.09 Å². The van der Waals surface area contributed by atoms with Gasteiger partial charge in [0.15, 0.2) is 12.6 Å².